The molecule has 8 nitrogen and oxygen atoms in total. The topological polar surface area (TPSA) is 90.2 Å². The number of benzene rings is 2. The van der Waals surface area contributed by atoms with Crippen LogP contribution in [0.25, 0.3) is 10.2 Å². The highest BCUT2D eigenvalue weighted by molar-refractivity contribution is 7.89. The summed E-state index contributed by atoms with van der Waals surface area (Å²) >= 11 is 1.39. The van der Waals surface area contributed by atoms with Crippen LogP contribution in [0.15, 0.2) is 65.0 Å². The zero-order valence-electron chi connectivity index (χ0n) is 20.0. The van der Waals surface area contributed by atoms with E-state index < -0.39 is 15.9 Å². The van der Waals surface area contributed by atoms with Gasteiger partial charge in [0.1, 0.15) is 5.75 Å². The van der Waals surface area contributed by atoms with Crippen molar-refractivity contribution in [1.82, 2.24) is 8.87 Å². The summed E-state index contributed by atoms with van der Waals surface area (Å²) in [6.45, 7) is 11.1. The number of hydrogen-bond donors (Lipinski definition) is 0. The van der Waals surface area contributed by atoms with Gasteiger partial charge in [0.2, 0.25) is 10.0 Å². The van der Waals surface area contributed by atoms with Crippen molar-refractivity contribution < 1.29 is 22.7 Å². The van der Waals surface area contributed by atoms with Crippen LogP contribution in [0.3, 0.4) is 0 Å². The molecule has 186 valence electrons. The zero-order valence-corrected chi connectivity index (χ0v) is 21.6. The molecule has 4 rings (SSSR count). The first-order valence-electron chi connectivity index (χ1n) is 11.4. The Morgan fingerprint density at radius 2 is 1.89 bits per heavy atom. The molecule has 2 aromatic carbocycles. The van der Waals surface area contributed by atoms with E-state index >= 15 is 0 Å². The Labute approximate surface area is 209 Å². The van der Waals surface area contributed by atoms with Crippen molar-refractivity contribution >= 4 is 37.5 Å². The summed E-state index contributed by atoms with van der Waals surface area (Å²) in [7, 11) is -3.68. The number of allylic oxidation sites excluding steroid dienone is 1. The molecule has 0 bridgehead atoms. The van der Waals surface area contributed by atoms with Crippen LogP contribution in [0.4, 0.5) is 0 Å². The third kappa shape index (κ3) is 5.40. The van der Waals surface area contributed by atoms with Crippen LogP contribution in [0.1, 0.15) is 31.1 Å². The molecule has 0 spiro atoms. The van der Waals surface area contributed by atoms with E-state index in [1.165, 1.54) is 39.9 Å². The number of rotatable bonds is 7. The lowest BCUT2D eigenvalue weighted by atomic mass is 10.2. The number of thiazole rings is 1. The summed E-state index contributed by atoms with van der Waals surface area (Å²) < 4.78 is 41.7. The SMILES string of the molecule is C=CCn1c(=NC(=O)c2ccc(S(=O)(=O)N3CC(C)OC(C)C3)cc2)sc2cc(OCC)ccc21. The van der Waals surface area contributed by atoms with Crippen molar-refractivity contribution in [2.24, 2.45) is 4.99 Å². The number of amides is 1. The highest BCUT2D eigenvalue weighted by atomic mass is 32.2. The molecule has 2 atom stereocenters. The van der Waals surface area contributed by atoms with Gasteiger partial charge in [-0.1, -0.05) is 17.4 Å². The molecule has 0 aliphatic carbocycles. The van der Waals surface area contributed by atoms with Crippen LogP contribution in [0.5, 0.6) is 5.75 Å². The minimum atomic E-state index is -3.68. The molecule has 2 heterocycles. The minimum absolute atomic E-state index is 0.141. The molecule has 3 aromatic rings. The molecule has 0 saturated carbocycles. The Morgan fingerprint density at radius 1 is 1.20 bits per heavy atom. The maximum Gasteiger partial charge on any atom is 0.279 e. The van der Waals surface area contributed by atoms with Gasteiger partial charge in [-0.15, -0.1) is 6.58 Å². The first-order valence-corrected chi connectivity index (χ1v) is 13.7. The van der Waals surface area contributed by atoms with Crippen LogP contribution >= 0.6 is 11.3 Å². The number of hydrogen-bond acceptors (Lipinski definition) is 6. The number of carbonyl (C=O) groups excluding carboxylic acids is 1. The van der Waals surface area contributed by atoms with Gasteiger partial charge in [0.05, 0.1) is 33.9 Å². The van der Waals surface area contributed by atoms with Gasteiger partial charge < -0.3 is 14.0 Å². The van der Waals surface area contributed by atoms with Gasteiger partial charge >= 0.3 is 0 Å². The second-order valence-electron chi connectivity index (χ2n) is 8.37. The summed E-state index contributed by atoms with van der Waals surface area (Å²) in [6.07, 6.45) is 1.39. The third-order valence-electron chi connectivity index (χ3n) is 5.60. The number of aromatic nitrogens is 1. The lowest BCUT2D eigenvalue weighted by molar-refractivity contribution is -0.0440. The Kier molecular flexibility index (Phi) is 7.56. The smallest absolute Gasteiger partial charge is 0.279 e. The second-order valence-corrected chi connectivity index (χ2v) is 11.3. The first-order chi connectivity index (χ1) is 16.7. The van der Waals surface area contributed by atoms with Gasteiger partial charge in [0.25, 0.3) is 5.91 Å². The van der Waals surface area contributed by atoms with Gasteiger partial charge in [-0.05, 0) is 63.2 Å². The van der Waals surface area contributed by atoms with Crippen LogP contribution < -0.4 is 9.54 Å². The largest absolute Gasteiger partial charge is 0.494 e. The molecule has 1 aliphatic rings. The average molecular weight is 516 g/mol. The van der Waals surface area contributed by atoms with Crippen molar-refractivity contribution in [3.63, 3.8) is 0 Å². The second kappa shape index (κ2) is 10.4. The first kappa shape index (κ1) is 25.3. The summed E-state index contributed by atoms with van der Waals surface area (Å²) in [5.74, 6) is 0.308. The maximum absolute atomic E-state index is 13.1. The number of fused-ring (bicyclic) bond motifs is 1. The van der Waals surface area contributed by atoms with Crippen molar-refractivity contribution in [1.29, 1.82) is 0 Å². The van der Waals surface area contributed by atoms with Gasteiger partial charge in [-0.25, -0.2) is 8.42 Å². The highest BCUT2D eigenvalue weighted by Gasteiger charge is 2.32. The quantitative estimate of drug-likeness (QED) is 0.446. The van der Waals surface area contributed by atoms with Crippen molar-refractivity contribution in [2.75, 3.05) is 19.7 Å². The lowest BCUT2D eigenvalue weighted by Crippen LogP contribution is -2.48. The van der Waals surface area contributed by atoms with E-state index in [4.69, 9.17) is 9.47 Å². The number of sulfonamides is 1. The predicted molar refractivity (Wildman–Crippen MR) is 136 cm³/mol. The monoisotopic (exact) mass is 515 g/mol. The fourth-order valence-corrected chi connectivity index (χ4v) is 6.75. The molecule has 0 N–H and O–H groups in total. The Bertz CT molecular complexity index is 1400. The maximum atomic E-state index is 13.1. The predicted octanol–water partition coefficient (Wildman–Crippen LogP) is 3.83. The molecule has 1 aromatic heterocycles. The molecule has 2 unspecified atom stereocenters. The lowest BCUT2D eigenvalue weighted by Gasteiger charge is -2.34. The number of ether oxygens (including phenoxy) is 2. The molecule has 35 heavy (non-hydrogen) atoms. The third-order valence-corrected chi connectivity index (χ3v) is 8.49. The van der Waals surface area contributed by atoms with Crippen LogP contribution in [-0.4, -0.2) is 55.1 Å². The summed E-state index contributed by atoms with van der Waals surface area (Å²) in [5.41, 5.74) is 1.24. The van der Waals surface area contributed by atoms with E-state index in [2.05, 4.69) is 11.6 Å². The van der Waals surface area contributed by atoms with E-state index in [1.807, 2.05) is 43.5 Å². The fraction of sp³-hybridized carbons (Fsp3) is 0.360. The van der Waals surface area contributed by atoms with Gasteiger partial charge in [0, 0.05) is 25.2 Å². The number of carbonyl (C=O) groups is 1. The molecule has 1 saturated heterocycles. The highest BCUT2D eigenvalue weighted by Crippen LogP contribution is 2.24. The standard InChI is InChI=1S/C25H29N3O5S2/c1-5-13-28-22-12-9-20(32-6-2)14-23(22)34-25(28)26-24(29)19-7-10-21(11-8-19)35(30,31)27-15-17(3)33-18(4)16-27/h5,7-12,14,17-18H,1,6,13,15-16H2,2-4H3. The molecular weight excluding hydrogens is 486 g/mol. The Hall–Kier alpha value is -2.79. The normalized spacial score (nSPS) is 19.7. The summed E-state index contributed by atoms with van der Waals surface area (Å²) in [6, 6.07) is 11.7. The van der Waals surface area contributed by atoms with Gasteiger partial charge in [-0.2, -0.15) is 9.30 Å². The van der Waals surface area contributed by atoms with Crippen LogP contribution in [0, 0.1) is 0 Å². The number of nitrogens with zero attached hydrogens (tertiary/aromatic N) is 3. The summed E-state index contributed by atoms with van der Waals surface area (Å²) in [5, 5.41) is 0. The van der Waals surface area contributed by atoms with E-state index in [9.17, 15) is 13.2 Å². The fourth-order valence-electron chi connectivity index (χ4n) is 4.10. The van der Waals surface area contributed by atoms with Crippen molar-refractivity contribution in [2.45, 2.75) is 44.4 Å². The minimum Gasteiger partial charge on any atom is -0.494 e. The molecule has 1 aliphatic heterocycles. The van der Waals surface area contributed by atoms with E-state index in [1.54, 1.807) is 6.08 Å². The average Bonchev–Trinajstić information content (AvgIpc) is 3.15. The van der Waals surface area contributed by atoms with Crippen molar-refractivity contribution in [3.05, 3.63) is 65.5 Å². The molecule has 10 heteroatoms. The molecule has 1 fully saturated rings. The Morgan fingerprint density at radius 3 is 2.51 bits per heavy atom. The zero-order chi connectivity index (χ0) is 25.2. The molecule has 1 amide bonds. The Balaban J connectivity index is 1.63. The van der Waals surface area contributed by atoms with E-state index in [-0.39, 0.29) is 17.1 Å². The van der Waals surface area contributed by atoms with Crippen LogP contribution in [-0.2, 0) is 21.3 Å². The van der Waals surface area contributed by atoms with E-state index in [0.29, 0.717) is 36.6 Å². The van der Waals surface area contributed by atoms with Gasteiger partial charge in [-0.3, -0.25) is 4.79 Å². The van der Waals surface area contributed by atoms with Gasteiger partial charge in [0.15, 0.2) is 4.80 Å². The number of morpholine rings is 1. The van der Waals surface area contributed by atoms with E-state index in [0.717, 1.165) is 16.0 Å². The van der Waals surface area contributed by atoms with Crippen LogP contribution in [0.2, 0.25) is 0 Å². The summed E-state index contributed by atoms with van der Waals surface area (Å²) in [4.78, 5) is 18.0. The molecule has 0 radical (unpaired) electrons. The molecular formula is C25H29N3O5S2. The van der Waals surface area contributed by atoms with Crippen molar-refractivity contribution in [3.8, 4) is 5.75 Å².